The molecule has 0 unspecified atom stereocenters. The Morgan fingerprint density at radius 3 is 1.47 bits per heavy atom. The molecule has 0 amide bonds. The van der Waals surface area contributed by atoms with Crippen LogP contribution < -0.4 is 31.1 Å². The van der Waals surface area contributed by atoms with Gasteiger partial charge in [0.2, 0.25) is 0 Å². The molecule has 5 aliphatic rings. The van der Waals surface area contributed by atoms with Crippen LogP contribution in [0.25, 0.3) is 0 Å². The first kappa shape index (κ1) is 51.6. The van der Waals surface area contributed by atoms with E-state index in [1.807, 2.05) is 0 Å². The number of fused-ring (bicyclic) bond motifs is 7. The summed E-state index contributed by atoms with van der Waals surface area (Å²) >= 11 is 0. The summed E-state index contributed by atoms with van der Waals surface area (Å²) in [5.74, 6) is 0. The largest absolute Gasteiger partial charge is 0.311 e. The van der Waals surface area contributed by atoms with Crippen LogP contribution in [0.3, 0.4) is 0 Å². The Kier molecular flexibility index (Phi) is 11.2. The molecule has 0 saturated heterocycles. The maximum absolute atomic E-state index is 2.76. The fraction of sp³-hybridized carbons (Fsp3) is 0.360. The lowest BCUT2D eigenvalue weighted by Gasteiger charge is -2.48. The summed E-state index contributed by atoms with van der Waals surface area (Å²) in [7, 11) is 0. The summed E-state index contributed by atoms with van der Waals surface area (Å²) < 4.78 is 0. The number of rotatable bonds is 7. The highest BCUT2D eigenvalue weighted by atomic mass is 15.2. The molecule has 8 aromatic rings. The molecular formula is C75H82BN3. The summed E-state index contributed by atoms with van der Waals surface area (Å²) in [4.78, 5) is 8.00. The minimum atomic E-state index is -0.269. The third-order valence-corrected chi connectivity index (χ3v) is 20.4. The van der Waals surface area contributed by atoms with E-state index in [9.17, 15) is 0 Å². The average Bonchev–Trinajstić information content (AvgIpc) is 3.52. The lowest BCUT2D eigenvalue weighted by atomic mass is 9.33. The van der Waals surface area contributed by atoms with Crippen molar-refractivity contribution in [1.29, 1.82) is 0 Å². The first-order valence-corrected chi connectivity index (χ1v) is 29.6. The number of hydrogen-bond acceptors (Lipinski definition) is 3. The molecule has 0 N–H and O–H groups in total. The fourth-order valence-electron chi connectivity index (χ4n) is 16.7. The second-order valence-corrected chi connectivity index (χ2v) is 29.2. The van der Waals surface area contributed by atoms with Crippen molar-refractivity contribution < 1.29 is 0 Å². The Morgan fingerprint density at radius 2 is 0.873 bits per heavy atom. The molecule has 2 heterocycles. The summed E-state index contributed by atoms with van der Waals surface area (Å²) in [5.41, 5.74) is 29.2. The molecule has 0 fully saturated rings. The van der Waals surface area contributed by atoms with Crippen LogP contribution >= 0.6 is 0 Å². The summed E-state index contributed by atoms with van der Waals surface area (Å²) in [6.07, 6.45) is 4.53. The van der Waals surface area contributed by atoms with Gasteiger partial charge < -0.3 is 14.7 Å². The standard InChI is InChI=1S/C75H82BN3/c1-47-38-55-58(73(11,12)45-72(55,9)10)43-62(47)79-64-44-57-56(69(3,4)36-37-70(57,5)6)42-60(64)76-59-34-32-50(75(15,16)49-26-20-17-21-27-49)39-63(59)78(61-35-33-54-67(48(61)2)74(13,14)46-71(54,7)8)65-40-53(41-66(79)68(65)76)77(51-28-22-18-23-29-51)52-30-24-19-25-31-52/h17-35,38-44H,36-37,45-46H2,1-16H3. The zero-order chi connectivity index (χ0) is 55.7. The van der Waals surface area contributed by atoms with Gasteiger partial charge in [-0.25, -0.2) is 0 Å². The third kappa shape index (κ3) is 7.72. The molecule has 8 aromatic carbocycles. The molecule has 0 bridgehead atoms. The molecule has 0 atom stereocenters. The normalized spacial score (nSPS) is 19.0. The van der Waals surface area contributed by atoms with Crippen LogP contribution in [-0.4, -0.2) is 6.71 Å². The third-order valence-electron chi connectivity index (χ3n) is 20.4. The second-order valence-electron chi connectivity index (χ2n) is 29.2. The summed E-state index contributed by atoms with van der Waals surface area (Å²) in [6, 6.07) is 61.6. The number of nitrogens with zero attached hydrogens (tertiary/aromatic N) is 3. The first-order valence-electron chi connectivity index (χ1n) is 29.6. The minimum Gasteiger partial charge on any atom is -0.311 e. The van der Waals surface area contributed by atoms with Crippen molar-refractivity contribution in [2.24, 2.45) is 0 Å². The molecule has 79 heavy (non-hydrogen) atoms. The fourth-order valence-corrected chi connectivity index (χ4v) is 16.7. The van der Waals surface area contributed by atoms with Gasteiger partial charge in [0.05, 0.1) is 5.69 Å². The van der Waals surface area contributed by atoms with Crippen LogP contribution in [-0.2, 0) is 37.9 Å². The maximum Gasteiger partial charge on any atom is 0.252 e. The highest BCUT2D eigenvalue weighted by Crippen LogP contribution is 2.58. The van der Waals surface area contributed by atoms with Gasteiger partial charge in [0, 0.05) is 50.9 Å². The number of para-hydroxylation sites is 2. The van der Waals surface area contributed by atoms with Crippen molar-refractivity contribution in [2.45, 2.75) is 174 Å². The predicted molar refractivity (Wildman–Crippen MR) is 340 cm³/mol. The van der Waals surface area contributed by atoms with Gasteiger partial charge in [-0.3, -0.25) is 0 Å². The van der Waals surface area contributed by atoms with Gasteiger partial charge in [-0.1, -0.05) is 194 Å². The van der Waals surface area contributed by atoms with E-state index >= 15 is 0 Å². The molecule has 2 aliphatic heterocycles. The zero-order valence-electron chi connectivity index (χ0n) is 50.3. The van der Waals surface area contributed by atoms with Crippen molar-refractivity contribution >= 4 is 74.3 Å². The van der Waals surface area contributed by atoms with Gasteiger partial charge in [-0.05, 0) is 205 Å². The Bertz CT molecular complexity index is 3760. The highest BCUT2D eigenvalue weighted by molar-refractivity contribution is 7.00. The molecule has 0 aromatic heterocycles. The van der Waals surface area contributed by atoms with Gasteiger partial charge in [0.15, 0.2) is 0 Å². The topological polar surface area (TPSA) is 9.72 Å². The molecule has 400 valence electrons. The molecule has 13 rings (SSSR count). The SMILES string of the molecule is Cc1cc2c(cc1N1c3cc4c(cc3B3c5ccc(C(C)(C)c6ccccc6)cc5N(c5ccc6c(c5C)C(C)(C)CC6(C)C)c5cc(N(c6ccccc6)c6ccccc6)cc1c53)C(C)(C)CCC4(C)C)C(C)(C)CC2(C)C. The number of anilines is 9. The van der Waals surface area contributed by atoms with Gasteiger partial charge in [-0.2, -0.15) is 0 Å². The van der Waals surface area contributed by atoms with Crippen LogP contribution in [0.1, 0.15) is 178 Å². The van der Waals surface area contributed by atoms with Gasteiger partial charge in [-0.15, -0.1) is 0 Å². The lowest BCUT2D eigenvalue weighted by Crippen LogP contribution is -2.62. The average molecular weight is 1040 g/mol. The quantitative estimate of drug-likeness (QED) is 0.147. The number of aryl methyl sites for hydroxylation is 1. The molecule has 3 aliphatic carbocycles. The zero-order valence-corrected chi connectivity index (χ0v) is 50.3. The highest BCUT2D eigenvalue weighted by Gasteiger charge is 2.50. The van der Waals surface area contributed by atoms with Crippen molar-refractivity contribution in [1.82, 2.24) is 0 Å². The number of benzene rings is 8. The van der Waals surface area contributed by atoms with Gasteiger partial charge in [0.1, 0.15) is 0 Å². The Labute approximate surface area is 474 Å². The monoisotopic (exact) mass is 1040 g/mol. The van der Waals surface area contributed by atoms with Crippen LogP contribution in [0.15, 0.2) is 158 Å². The minimum absolute atomic E-state index is 0.00122. The summed E-state index contributed by atoms with van der Waals surface area (Å²) in [5, 5.41) is 0. The van der Waals surface area contributed by atoms with Crippen molar-refractivity contribution in [3.05, 3.63) is 213 Å². The van der Waals surface area contributed by atoms with E-state index in [0.29, 0.717) is 0 Å². The Hall–Kier alpha value is -6.78. The van der Waals surface area contributed by atoms with Gasteiger partial charge >= 0.3 is 0 Å². The molecule has 0 radical (unpaired) electrons. The van der Waals surface area contributed by atoms with E-state index in [1.165, 1.54) is 106 Å². The van der Waals surface area contributed by atoms with Crippen molar-refractivity contribution in [3.63, 3.8) is 0 Å². The van der Waals surface area contributed by atoms with Gasteiger partial charge in [0.25, 0.3) is 6.71 Å². The maximum atomic E-state index is 2.76. The lowest BCUT2D eigenvalue weighted by molar-refractivity contribution is 0.332. The Balaban J connectivity index is 1.21. The molecular weight excluding hydrogens is 954 g/mol. The van der Waals surface area contributed by atoms with E-state index in [1.54, 1.807) is 0 Å². The smallest absolute Gasteiger partial charge is 0.252 e. The van der Waals surface area contributed by atoms with Crippen LogP contribution in [0, 0.1) is 13.8 Å². The first-order chi connectivity index (χ1) is 37.2. The Morgan fingerprint density at radius 1 is 0.392 bits per heavy atom. The molecule has 3 nitrogen and oxygen atoms in total. The van der Waals surface area contributed by atoms with E-state index in [4.69, 9.17) is 0 Å². The van der Waals surface area contributed by atoms with E-state index < -0.39 is 0 Å². The van der Waals surface area contributed by atoms with Crippen LogP contribution in [0.5, 0.6) is 0 Å². The van der Waals surface area contributed by atoms with Crippen molar-refractivity contribution in [3.8, 4) is 0 Å². The molecule has 0 saturated carbocycles. The van der Waals surface area contributed by atoms with E-state index in [-0.39, 0.29) is 44.6 Å². The second kappa shape index (κ2) is 17.1. The molecule has 0 spiro atoms. The van der Waals surface area contributed by atoms with Crippen molar-refractivity contribution in [2.75, 3.05) is 14.7 Å². The molecule has 4 heteroatoms. The number of hydrogen-bond donors (Lipinski definition) is 0. The van der Waals surface area contributed by atoms with Crippen LogP contribution in [0.4, 0.5) is 51.2 Å². The van der Waals surface area contributed by atoms with Crippen LogP contribution in [0.2, 0.25) is 0 Å². The van der Waals surface area contributed by atoms with E-state index in [2.05, 4.69) is 283 Å². The van der Waals surface area contributed by atoms with E-state index in [0.717, 1.165) is 42.7 Å². The summed E-state index contributed by atoms with van der Waals surface area (Å²) in [6.45, 7) is 39.4. The predicted octanol–water partition coefficient (Wildman–Crippen LogP) is 18.4.